The lowest BCUT2D eigenvalue weighted by molar-refractivity contribution is 0.0398. The molecule has 0 saturated carbocycles. The summed E-state index contributed by atoms with van der Waals surface area (Å²) >= 11 is 6.47. The molecule has 6 heteroatoms. The second kappa shape index (κ2) is 7.44. The Morgan fingerprint density at radius 3 is 2.76 bits per heavy atom. The molecular formula is C19H21ClN4O. The predicted octanol–water partition coefficient (Wildman–Crippen LogP) is 3.63. The van der Waals surface area contributed by atoms with Crippen LogP contribution in [0.15, 0.2) is 42.5 Å². The number of rotatable bonds is 5. The van der Waals surface area contributed by atoms with Crippen LogP contribution in [0.5, 0.6) is 0 Å². The monoisotopic (exact) mass is 356 g/mol. The lowest BCUT2D eigenvalue weighted by Gasteiger charge is -2.26. The van der Waals surface area contributed by atoms with E-state index in [4.69, 9.17) is 16.3 Å². The Balaban J connectivity index is 1.53. The number of aromatic amines is 1. The first-order valence-electron chi connectivity index (χ1n) is 8.58. The molecule has 2 N–H and O–H groups in total. The zero-order valence-electron chi connectivity index (χ0n) is 14.0. The van der Waals surface area contributed by atoms with Crippen LogP contribution in [-0.2, 0) is 4.74 Å². The molecular weight excluding hydrogens is 336 g/mol. The van der Waals surface area contributed by atoms with Gasteiger partial charge < -0.3 is 10.1 Å². The standard InChI is InChI=1S/C19H21ClN4O/c20-17-13-18-16(12-15(17)14-4-2-1-3-5-14)19(23-22-18)21-6-7-24-8-10-25-11-9-24/h1-5,12-13H,6-11H2,(H2,21,22,23). The highest BCUT2D eigenvalue weighted by molar-refractivity contribution is 6.34. The highest BCUT2D eigenvalue weighted by Gasteiger charge is 2.13. The van der Waals surface area contributed by atoms with E-state index in [2.05, 4.69) is 38.6 Å². The van der Waals surface area contributed by atoms with Crippen molar-refractivity contribution in [1.29, 1.82) is 0 Å². The fourth-order valence-electron chi connectivity index (χ4n) is 3.17. The number of fused-ring (bicyclic) bond motifs is 1. The minimum Gasteiger partial charge on any atom is -0.379 e. The number of morpholine rings is 1. The van der Waals surface area contributed by atoms with Crippen LogP contribution >= 0.6 is 11.6 Å². The number of halogens is 1. The third kappa shape index (κ3) is 3.63. The Morgan fingerprint density at radius 1 is 1.16 bits per heavy atom. The first-order chi connectivity index (χ1) is 12.3. The van der Waals surface area contributed by atoms with Gasteiger partial charge in [-0.2, -0.15) is 5.10 Å². The molecule has 2 aromatic carbocycles. The lowest BCUT2D eigenvalue weighted by Crippen LogP contribution is -2.39. The van der Waals surface area contributed by atoms with Crippen LogP contribution in [0, 0.1) is 0 Å². The van der Waals surface area contributed by atoms with Gasteiger partial charge >= 0.3 is 0 Å². The first-order valence-corrected chi connectivity index (χ1v) is 8.96. The van der Waals surface area contributed by atoms with Crippen LogP contribution in [0.2, 0.25) is 5.02 Å². The molecule has 0 unspecified atom stereocenters. The number of H-pyrrole nitrogens is 1. The summed E-state index contributed by atoms with van der Waals surface area (Å²) in [5.41, 5.74) is 3.07. The molecule has 0 amide bonds. The van der Waals surface area contributed by atoms with Gasteiger partial charge in [-0.25, -0.2) is 0 Å². The Hall–Kier alpha value is -2.08. The summed E-state index contributed by atoms with van der Waals surface area (Å²) in [5, 5.41) is 12.7. The highest BCUT2D eigenvalue weighted by atomic mass is 35.5. The summed E-state index contributed by atoms with van der Waals surface area (Å²) in [4.78, 5) is 2.40. The van der Waals surface area contributed by atoms with Gasteiger partial charge in [0.05, 0.1) is 23.8 Å². The van der Waals surface area contributed by atoms with E-state index in [1.165, 1.54) is 0 Å². The van der Waals surface area contributed by atoms with Gasteiger partial charge in [0, 0.05) is 37.1 Å². The van der Waals surface area contributed by atoms with E-state index in [1.807, 2.05) is 24.3 Å². The molecule has 130 valence electrons. The number of nitrogens with one attached hydrogen (secondary N) is 2. The highest BCUT2D eigenvalue weighted by Crippen LogP contribution is 2.33. The predicted molar refractivity (Wildman–Crippen MR) is 102 cm³/mol. The fourth-order valence-corrected chi connectivity index (χ4v) is 3.44. The maximum Gasteiger partial charge on any atom is 0.155 e. The van der Waals surface area contributed by atoms with E-state index >= 15 is 0 Å². The van der Waals surface area contributed by atoms with Crippen molar-refractivity contribution in [3.8, 4) is 11.1 Å². The van der Waals surface area contributed by atoms with Gasteiger partial charge in [-0.05, 0) is 17.7 Å². The molecule has 4 rings (SSSR count). The summed E-state index contributed by atoms with van der Waals surface area (Å²) < 4.78 is 5.38. The van der Waals surface area contributed by atoms with Gasteiger partial charge in [-0.1, -0.05) is 41.9 Å². The van der Waals surface area contributed by atoms with Gasteiger partial charge in [-0.3, -0.25) is 10.00 Å². The molecule has 1 fully saturated rings. The molecule has 5 nitrogen and oxygen atoms in total. The van der Waals surface area contributed by atoms with E-state index in [9.17, 15) is 0 Å². The number of ether oxygens (including phenoxy) is 1. The van der Waals surface area contributed by atoms with Crippen molar-refractivity contribution < 1.29 is 4.74 Å². The number of benzene rings is 2. The SMILES string of the molecule is Clc1cc2[nH]nc(NCCN3CCOCC3)c2cc1-c1ccccc1. The molecule has 1 saturated heterocycles. The third-order valence-corrected chi connectivity index (χ3v) is 4.87. The summed E-state index contributed by atoms with van der Waals surface area (Å²) in [6.45, 7) is 5.47. The van der Waals surface area contributed by atoms with Crippen LogP contribution in [0.1, 0.15) is 0 Å². The van der Waals surface area contributed by atoms with Gasteiger partial charge in [-0.15, -0.1) is 0 Å². The summed E-state index contributed by atoms with van der Waals surface area (Å²) in [5.74, 6) is 0.872. The minimum absolute atomic E-state index is 0.724. The van der Waals surface area contributed by atoms with E-state index in [0.29, 0.717) is 0 Å². The van der Waals surface area contributed by atoms with E-state index in [1.54, 1.807) is 0 Å². The zero-order chi connectivity index (χ0) is 17.1. The summed E-state index contributed by atoms with van der Waals surface area (Å²) in [7, 11) is 0. The molecule has 1 aromatic heterocycles. The van der Waals surface area contributed by atoms with E-state index < -0.39 is 0 Å². The van der Waals surface area contributed by atoms with Gasteiger partial charge in [0.15, 0.2) is 5.82 Å². The number of hydrogen-bond acceptors (Lipinski definition) is 4. The van der Waals surface area contributed by atoms with Crippen LogP contribution < -0.4 is 5.32 Å². The molecule has 2 heterocycles. The largest absolute Gasteiger partial charge is 0.379 e. The maximum atomic E-state index is 6.47. The lowest BCUT2D eigenvalue weighted by atomic mass is 10.0. The number of aromatic nitrogens is 2. The van der Waals surface area contributed by atoms with E-state index in [-0.39, 0.29) is 0 Å². The quantitative estimate of drug-likeness (QED) is 0.733. The Morgan fingerprint density at radius 2 is 1.96 bits per heavy atom. The Labute approximate surface area is 151 Å². The van der Waals surface area contributed by atoms with Gasteiger partial charge in [0.1, 0.15) is 0 Å². The normalized spacial score (nSPS) is 15.6. The third-order valence-electron chi connectivity index (χ3n) is 4.56. The molecule has 1 aliphatic heterocycles. The van der Waals surface area contributed by atoms with Crippen LogP contribution in [-0.4, -0.2) is 54.5 Å². The molecule has 0 spiro atoms. The summed E-state index contributed by atoms with van der Waals surface area (Å²) in [6, 6.07) is 14.2. The van der Waals surface area contributed by atoms with Crippen LogP contribution in [0.3, 0.4) is 0 Å². The number of nitrogens with zero attached hydrogens (tertiary/aromatic N) is 2. The second-order valence-corrected chi connectivity index (χ2v) is 6.60. The van der Waals surface area contributed by atoms with Gasteiger partial charge in [0.2, 0.25) is 0 Å². The van der Waals surface area contributed by atoms with Crippen molar-refractivity contribution in [2.45, 2.75) is 0 Å². The maximum absolute atomic E-state index is 6.47. The second-order valence-electron chi connectivity index (χ2n) is 6.20. The molecule has 3 aromatic rings. The Bertz CT molecular complexity index is 843. The minimum atomic E-state index is 0.724. The first kappa shape index (κ1) is 16.4. The number of hydrogen-bond donors (Lipinski definition) is 2. The van der Waals surface area contributed by atoms with E-state index in [0.717, 1.165) is 72.3 Å². The molecule has 0 radical (unpaired) electrons. The summed E-state index contributed by atoms with van der Waals surface area (Å²) in [6.07, 6.45) is 0. The molecule has 25 heavy (non-hydrogen) atoms. The van der Waals surface area contributed by atoms with Gasteiger partial charge in [0.25, 0.3) is 0 Å². The van der Waals surface area contributed by atoms with Crippen molar-refractivity contribution in [2.24, 2.45) is 0 Å². The van der Waals surface area contributed by atoms with Crippen molar-refractivity contribution in [1.82, 2.24) is 15.1 Å². The fraction of sp³-hybridized carbons (Fsp3) is 0.316. The Kier molecular flexibility index (Phi) is 4.88. The average molecular weight is 357 g/mol. The smallest absolute Gasteiger partial charge is 0.155 e. The van der Waals surface area contributed by atoms with Crippen molar-refractivity contribution in [3.63, 3.8) is 0 Å². The molecule has 0 bridgehead atoms. The average Bonchev–Trinajstić information content (AvgIpc) is 3.04. The van der Waals surface area contributed by atoms with Crippen LogP contribution in [0.25, 0.3) is 22.0 Å². The molecule has 0 atom stereocenters. The molecule has 0 aliphatic carbocycles. The topological polar surface area (TPSA) is 53.2 Å². The van der Waals surface area contributed by atoms with Crippen molar-refractivity contribution in [3.05, 3.63) is 47.5 Å². The zero-order valence-corrected chi connectivity index (χ0v) is 14.7. The number of anilines is 1. The molecule has 1 aliphatic rings. The van der Waals surface area contributed by atoms with Crippen LogP contribution in [0.4, 0.5) is 5.82 Å². The van der Waals surface area contributed by atoms with Crippen molar-refractivity contribution >= 4 is 28.3 Å². The van der Waals surface area contributed by atoms with Crippen molar-refractivity contribution in [2.75, 3.05) is 44.7 Å².